The van der Waals surface area contributed by atoms with Crippen LogP contribution < -0.4 is 10.6 Å². The second-order valence-corrected chi connectivity index (χ2v) is 4.88. The van der Waals surface area contributed by atoms with E-state index in [4.69, 9.17) is 0 Å². The Balaban J connectivity index is 1.57. The van der Waals surface area contributed by atoms with E-state index in [1.807, 2.05) is 0 Å². The van der Waals surface area contributed by atoms with Gasteiger partial charge >= 0.3 is 0 Å². The molecular formula is C13H20N4O2. The summed E-state index contributed by atoms with van der Waals surface area (Å²) in [5.74, 6) is 0.188. The van der Waals surface area contributed by atoms with Crippen LogP contribution in [0.2, 0.25) is 0 Å². The van der Waals surface area contributed by atoms with Gasteiger partial charge in [0.2, 0.25) is 11.8 Å². The molecule has 0 radical (unpaired) electrons. The summed E-state index contributed by atoms with van der Waals surface area (Å²) in [4.78, 5) is 30.0. The third kappa shape index (κ3) is 4.39. The fourth-order valence-corrected chi connectivity index (χ4v) is 2.30. The van der Waals surface area contributed by atoms with Crippen molar-refractivity contribution in [3.05, 3.63) is 18.2 Å². The molecule has 2 amide bonds. The van der Waals surface area contributed by atoms with Crippen molar-refractivity contribution in [2.45, 2.75) is 38.6 Å². The van der Waals surface area contributed by atoms with E-state index in [1.165, 1.54) is 0 Å². The summed E-state index contributed by atoms with van der Waals surface area (Å²) >= 11 is 0. The zero-order valence-corrected chi connectivity index (χ0v) is 10.9. The number of nitrogens with zero attached hydrogens (tertiary/aromatic N) is 1. The van der Waals surface area contributed by atoms with Crippen molar-refractivity contribution in [1.29, 1.82) is 0 Å². The molecule has 1 aromatic rings. The number of aromatic nitrogens is 2. The van der Waals surface area contributed by atoms with Crippen molar-refractivity contribution in [3.63, 3.8) is 0 Å². The summed E-state index contributed by atoms with van der Waals surface area (Å²) in [6, 6.07) is 0. The monoisotopic (exact) mass is 264 g/mol. The summed E-state index contributed by atoms with van der Waals surface area (Å²) in [5.41, 5.74) is 0.864. The van der Waals surface area contributed by atoms with E-state index >= 15 is 0 Å². The van der Waals surface area contributed by atoms with Crippen LogP contribution in [0.4, 0.5) is 0 Å². The molecule has 104 valence electrons. The highest BCUT2D eigenvalue weighted by Gasteiger charge is 2.22. The Labute approximate surface area is 112 Å². The predicted octanol–water partition coefficient (Wildman–Crippen LogP) is 0.722. The molecule has 1 aliphatic rings. The SMILES string of the molecule is O=C(CCNC(=O)C1CCCC1)NCc1cnc[nH]1. The summed E-state index contributed by atoms with van der Waals surface area (Å²) in [6.45, 7) is 0.847. The maximum Gasteiger partial charge on any atom is 0.223 e. The van der Waals surface area contributed by atoms with E-state index in [9.17, 15) is 9.59 Å². The molecule has 0 unspecified atom stereocenters. The molecule has 3 N–H and O–H groups in total. The Hall–Kier alpha value is -1.85. The highest BCUT2D eigenvalue weighted by Crippen LogP contribution is 2.24. The van der Waals surface area contributed by atoms with Gasteiger partial charge in [0.15, 0.2) is 0 Å². The van der Waals surface area contributed by atoms with E-state index in [1.54, 1.807) is 12.5 Å². The zero-order valence-electron chi connectivity index (χ0n) is 10.9. The van der Waals surface area contributed by atoms with Crippen LogP contribution in [-0.4, -0.2) is 28.3 Å². The molecule has 2 rings (SSSR count). The lowest BCUT2D eigenvalue weighted by atomic mass is 10.1. The number of rotatable bonds is 6. The average Bonchev–Trinajstić information content (AvgIpc) is 3.09. The third-order valence-corrected chi connectivity index (χ3v) is 3.41. The van der Waals surface area contributed by atoms with Gasteiger partial charge in [0.1, 0.15) is 0 Å². The van der Waals surface area contributed by atoms with E-state index in [2.05, 4.69) is 20.6 Å². The molecule has 0 saturated heterocycles. The molecule has 0 aliphatic heterocycles. The summed E-state index contributed by atoms with van der Waals surface area (Å²) in [5, 5.41) is 5.60. The normalized spacial score (nSPS) is 15.4. The number of imidazole rings is 1. The quantitative estimate of drug-likeness (QED) is 0.707. The minimum absolute atomic E-state index is 0.0682. The van der Waals surface area contributed by atoms with Gasteiger partial charge in [-0.15, -0.1) is 0 Å². The standard InChI is InChI=1S/C13H20N4O2/c18-12(16-8-11-7-14-9-17-11)5-6-15-13(19)10-3-1-2-4-10/h7,9-10H,1-6,8H2,(H,14,17)(H,15,19)(H,16,18). The molecule has 0 atom stereocenters. The summed E-state index contributed by atoms with van der Waals surface area (Å²) in [6.07, 6.45) is 7.80. The minimum Gasteiger partial charge on any atom is -0.355 e. The maximum absolute atomic E-state index is 11.7. The number of H-pyrrole nitrogens is 1. The molecule has 1 fully saturated rings. The summed E-state index contributed by atoms with van der Waals surface area (Å²) < 4.78 is 0. The van der Waals surface area contributed by atoms with Gasteiger partial charge in [-0.05, 0) is 12.8 Å². The van der Waals surface area contributed by atoms with Crippen LogP contribution in [0.15, 0.2) is 12.5 Å². The number of carbonyl (C=O) groups excluding carboxylic acids is 2. The lowest BCUT2D eigenvalue weighted by Gasteiger charge is -2.10. The van der Waals surface area contributed by atoms with E-state index < -0.39 is 0 Å². The van der Waals surface area contributed by atoms with Crippen LogP contribution in [0.5, 0.6) is 0 Å². The molecule has 0 spiro atoms. The van der Waals surface area contributed by atoms with Gasteiger partial charge in [-0.3, -0.25) is 9.59 Å². The minimum atomic E-state index is -0.0682. The molecule has 1 aromatic heterocycles. The first kappa shape index (κ1) is 13.6. The van der Waals surface area contributed by atoms with Crippen LogP contribution in [-0.2, 0) is 16.1 Å². The first-order valence-electron chi connectivity index (χ1n) is 6.77. The second-order valence-electron chi connectivity index (χ2n) is 4.88. The third-order valence-electron chi connectivity index (χ3n) is 3.41. The predicted molar refractivity (Wildman–Crippen MR) is 70.0 cm³/mol. The van der Waals surface area contributed by atoms with E-state index in [0.29, 0.717) is 19.5 Å². The van der Waals surface area contributed by atoms with Crippen molar-refractivity contribution < 1.29 is 9.59 Å². The molecule has 1 saturated carbocycles. The van der Waals surface area contributed by atoms with Crippen molar-refractivity contribution in [2.75, 3.05) is 6.54 Å². The van der Waals surface area contributed by atoms with Crippen LogP contribution in [0.1, 0.15) is 37.8 Å². The van der Waals surface area contributed by atoms with Crippen LogP contribution in [0.3, 0.4) is 0 Å². The molecule has 1 aliphatic carbocycles. The van der Waals surface area contributed by atoms with Crippen molar-refractivity contribution in [3.8, 4) is 0 Å². The van der Waals surface area contributed by atoms with Gasteiger partial charge in [-0.1, -0.05) is 12.8 Å². The van der Waals surface area contributed by atoms with Gasteiger partial charge in [0, 0.05) is 25.1 Å². The second kappa shape index (κ2) is 6.92. The number of hydrogen-bond acceptors (Lipinski definition) is 3. The summed E-state index contributed by atoms with van der Waals surface area (Å²) in [7, 11) is 0. The number of carbonyl (C=O) groups is 2. The topological polar surface area (TPSA) is 86.9 Å². The first-order valence-corrected chi connectivity index (χ1v) is 6.77. The fraction of sp³-hybridized carbons (Fsp3) is 0.615. The molecule has 6 nitrogen and oxygen atoms in total. The van der Waals surface area contributed by atoms with Crippen LogP contribution >= 0.6 is 0 Å². The molecule has 0 bridgehead atoms. The van der Waals surface area contributed by atoms with E-state index in [0.717, 1.165) is 31.4 Å². The molecule has 0 aromatic carbocycles. The maximum atomic E-state index is 11.7. The average molecular weight is 264 g/mol. The lowest BCUT2D eigenvalue weighted by Crippen LogP contribution is -2.33. The Morgan fingerprint density at radius 2 is 2.11 bits per heavy atom. The fourth-order valence-electron chi connectivity index (χ4n) is 2.30. The van der Waals surface area contributed by atoms with Gasteiger partial charge in [-0.25, -0.2) is 4.98 Å². The molecular weight excluding hydrogens is 244 g/mol. The number of amides is 2. The molecule has 19 heavy (non-hydrogen) atoms. The largest absolute Gasteiger partial charge is 0.355 e. The Bertz CT molecular complexity index is 410. The molecule has 6 heteroatoms. The van der Waals surface area contributed by atoms with Crippen LogP contribution in [0.25, 0.3) is 0 Å². The van der Waals surface area contributed by atoms with Gasteiger partial charge in [0.25, 0.3) is 0 Å². The van der Waals surface area contributed by atoms with Crippen molar-refractivity contribution >= 4 is 11.8 Å². The van der Waals surface area contributed by atoms with Crippen molar-refractivity contribution in [2.24, 2.45) is 5.92 Å². The van der Waals surface area contributed by atoms with Crippen LogP contribution in [0, 0.1) is 5.92 Å². The number of nitrogens with one attached hydrogen (secondary N) is 3. The smallest absolute Gasteiger partial charge is 0.223 e. The lowest BCUT2D eigenvalue weighted by molar-refractivity contribution is -0.125. The molecule has 1 heterocycles. The van der Waals surface area contributed by atoms with Gasteiger partial charge in [-0.2, -0.15) is 0 Å². The highest BCUT2D eigenvalue weighted by atomic mass is 16.2. The van der Waals surface area contributed by atoms with Gasteiger partial charge < -0.3 is 15.6 Å². The Morgan fingerprint density at radius 3 is 2.79 bits per heavy atom. The number of aromatic amines is 1. The zero-order chi connectivity index (χ0) is 13.5. The van der Waals surface area contributed by atoms with E-state index in [-0.39, 0.29) is 17.7 Å². The Kier molecular flexibility index (Phi) is 4.94. The van der Waals surface area contributed by atoms with Gasteiger partial charge in [0.05, 0.1) is 18.6 Å². The van der Waals surface area contributed by atoms with Crippen molar-refractivity contribution in [1.82, 2.24) is 20.6 Å². The number of hydrogen-bond donors (Lipinski definition) is 3. The Morgan fingerprint density at radius 1 is 1.32 bits per heavy atom. The first-order chi connectivity index (χ1) is 9.25. The highest BCUT2D eigenvalue weighted by molar-refractivity contribution is 5.80.